The van der Waals surface area contributed by atoms with E-state index in [1.807, 2.05) is 38.1 Å². The molecule has 8 N–H and O–H groups in total. The predicted octanol–water partition coefficient (Wildman–Crippen LogP) is 0.136. The van der Waals surface area contributed by atoms with Crippen LogP contribution in [0, 0.1) is 5.92 Å². The van der Waals surface area contributed by atoms with Gasteiger partial charge in [-0.05, 0) is 76.5 Å². The molecule has 7 atom stereocenters. The molecule has 18 nitrogen and oxygen atoms in total. The summed E-state index contributed by atoms with van der Waals surface area (Å²) in [5.41, 5.74) is 7.32. The molecule has 1 aliphatic rings. The molecular weight excluding hydrogens is 740 g/mol. The van der Waals surface area contributed by atoms with Gasteiger partial charge in [0.15, 0.2) is 0 Å². The van der Waals surface area contributed by atoms with Gasteiger partial charge in [0.1, 0.15) is 35.8 Å². The van der Waals surface area contributed by atoms with E-state index in [1.54, 1.807) is 13.0 Å². The quantitative estimate of drug-likeness (QED) is 0.0697. The van der Waals surface area contributed by atoms with Crippen LogP contribution in [0.1, 0.15) is 78.7 Å². The SMILES string of the molecule is CC[C@H](C)[C@H](NC(=O)[C@H](C)NC(=O)[C@H](C)NC(=O)[C@@H](N)CCCCNC(=O)Cc1cc(=O)oc2cc(N(C)C)ccc12)C(=O)N1CCC[C@H]1C(=O)N[C@@H](C)C(=O)O. The molecule has 1 aliphatic heterocycles. The van der Waals surface area contributed by atoms with Crippen molar-refractivity contribution in [2.24, 2.45) is 11.7 Å². The van der Waals surface area contributed by atoms with Crippen LogP contribution < -0.4 is 42.8 Å². The predicted molar refractivity (Wildman–Crippen MR) is 212 cm³/mol. The fraction of sp³-hybridized carbons (Fsp3) is 0.590. The number of nitrogens with two attached hydrogens (primary N) is 1. The maximum Gasteiger partial charge on any atom is 0.336 e. The lowest BCUT2D eigenvalue weighted by atomic mass is 9.97. The number of hydrogen-bond donors (Lipinski definition) is 7. The first-order chi connectivity index (χ1) is 26.8. The number of benzene rings is 1. The van der Waals surface area contributed by atoms with Gasteiger partial charge in [0.05, 0.1) is 12.5 Å². The van der Waals surface area contributed by atoms with Crippen LogP contribution in [0.2, 0.25) is 0 Å². The average molecular weight is 799 g/mol. The van der Waals surface area contributed by atoms with Gasteiger partial charge in [0.25, 0.3) is 0 Å². The van der Waals surface area contributed by atoms with E-state index >= 15 is 0 Å². The van der Waals surface area contributed by atoms with Gasteiger partial charge in [-0.15, -0.1) is 0 Å². The molecule has 0 saturated carbocycles. The van der Waals surface area contributed by atoms with Crippen LogP contribution >= 0.6 is 0 Å². The highest BCUT2D eigenvalue weighted by Crippen LogP contribution is 2.24. The van der Waals surface area contributed by atoms with Crippen molar-refractivity contribution >= 4 is 58.1 Å². The number of rotatable bonds is 20. The maximum atomic E-state index is 13.7. The molecule has 0 spiro atoms. The van der Waals surface area contributed by atoms with Gasteiger partial charge < -0.3 is 51.6 Å². The van der Waals surface area contributed by atoms with E-state index < -0.39 is 77.4 Å². The number of likely N-dealkylation sites (tertiary alicyclic amines) is 1. The number of carboxylic acids is 1. The molecule has 0 bridgehead atoms. The van der Waals surface area contributed by atoms with Crippen molar-refractivity contribution in [1.82, 2.24) is 31.5 Å². The third kappa shape index (κ3) is 13.0. The van der Waals surface area contributed by atoms with E-state index in [1.165, 1.54) is 31.7 Å². The molecule has 314 valence electrons. The second-order valence-corrected chi connectivity index (χ2v) is 14.9. The molecule has 1 aromatic heterocycles. The molecule has 2 aromatic rings. The van der Waals surface area contributed by atoms with Crippen molar-refractivity contribution in [3.05, 3.63) is 40.2 Å². The number of fused-ring (bicyclic) bond motifs is 1. The summed E-state index contributed by atoms with van der Waals surface area (Å²) in [6.07, 6.45) is 2.67. The molecule has 1 aromatic carbocycles. The molecule has 0 radical (unpaired) electrons. The zero-order chi connectivity index (χ0) is 42.6. The normalized spacial score (nSPS) is 17.0. The summed E-state index contributed by atoms with van der Waals surface area (Å²) in [7, 11) is 3.73. The lowest BCUT2D eigenvalue weighted by molar-refractivity contribution is -0.145. The number of hydrogen-bond acceptors (Lipinski definition) is 11. The standard InChI is InChI=1S/C39H58N8O10/c1-8-21(2)33(38(54)47-17-11-13-29(47)37(53)44-24(5)39(55)56)45-35(51)23(4)42-34(50)22(3)43-36(52)28(40)12-9-10-16-41-31(48)18-25-19-32(49)57-30-20-26(46(6)7)14-15-27(25)30/h14-15,19-24,28-29,33H,8-13,16-18,40H2,1-7H3,(H,41,48)(H,42,50)(H,43,52)(H,44,53)(H,45,51)(H,55,56)/t21-,22-,23-,24-,28-,29-,33-/m0/s1. The Kier molecular flexibility index (Phi) is 17.0. The van der Waals surface area contributed by atoms with Gasteiger partial charge in [0, 0.05) is 50.4 Å². The summed E-state index contributed by atoms with van der Waals surface area (Å²) < 4.78 is 5.33. The topological polar surface area (TPSA) is 263 Å². The van der Waals surface area contributed by atoms with Crippen LogP contribution in [0.15, 0.2) is 33.5 Å². The van der Waals surface area contributed by atoms with Crippen molar-refractivity contribution in [1.29, 1.82) is 0 Å². The van der Waals surface area contributed by atoms with E-state index in [9.17, 15) is 43.5 Å². The van der Waals surface area contributed by atoms with Crippen molar-refractivity contribution in [2.45, 2.75) is 116 Å². The zero-order valence-electron chi connectivity index (χ0n) is 33.8. The van der Waals surface area contributed by atoms with E-state index in [2.05, 4.69) is 26.6 Å². The summed E-state index contributed by atoms with van der Waals surface area (Å²) in [5, 5.41) is 22.9. The third-order valence-electron chi connectivity index (χ3n) is 10.1. The van der Waals surface area contributed by atoms with Crippen molar-refractivity contribution in [3.8, 4) is 0 Å². The number of nitrogens with one attached hydrogen (secondary N) is 5. The fourth-order valence-electron chi connectivity index (χ4n) is 6.33. The summed E-state index contributed by atoms with van der Waals surface area (Å²) >= 11 is 0. The lowest BCUT2D eigenvalue weighted by Crippen LogP contribution is -2.59. The van der Waals surface area contributed by atoms with Crippen LogP contribution in [-0.4, -0.2) is 115 Å². The van der Waals surface area contributed by atoms with E-state index in [-0.39, 0.29) is 31.2 Å². The highest BCUT2D eigenvalue weighted by molar-refractivity contribution is 5.96. The molecule has 6 amide bonds. The minimum atomic E-state index is -1.21. The van der Waals surface area contributed by atoms with Gasteiger partial charge in [-0.1, -0.05) is 20.3 Å². The van der Waals surface area contributed by atoms with E-state index in [0.29, 0.717) is 55.2 Å². The number of amides is 6. The van der Waals surface area contributed by atoms with Gasteiger partial charge in [-0.25, -0.2) is 4.79 Å². The number of carbonyl (C=O) groups is 7. The molecule has 2 heterocycles. The molecule has 3 rings (SSSR count). The number of aliphatic carboxylic acids is 1. The van der Waals surface area contributed by atoms with E-state index in [4.69, 9.17) is 10.2 Å². The second kappa shape index (κ2) is 21.1. The second-order valence-electron chi connectivity index (χ2n) is 14.9. The number of nitrogens with zero attached hydrogens (tertiary/aromatic N) is 2. The molecule has 0 unspecified atom stereocenters. The number of unbranched alkanes of at least 4 members (excludes halogenated alkanes) is 1. The van der Waals surface area contributed by atoms with Crippen LogP contribution in [0.25, 0.3) is 11.0 Å². The minimum Gasteiger partial charge on any atom is -0.480 e. The lowest BCUT2D eigenvalue weighted by Gasteiger charge is -2.32. The van der Waals surface area contributed by atoms with Gasteiger partial charge >= 0.3 is 11.6 Å². The molecule has 1 saturated heterocycles. The Bertz CT molecular complexity index is 1850. The molecular formula is C39H58N8O10. The van der Waals surface area contributed by atoms with Crippen LogP contribution in [-0.2, 0) is 40.0 Å². The van der Waals surface area contributed by atoms with Gasteiger partial charge in [0.2, 0.25) is 35.4 Å². The first kappa shape index (κ1) is 45.9. The highest BCUT2D eigenvalue weighted by atomic mass is 16.4. The Balaban J connectivity index is 1.43. The summed E-state index contributed by atoms with van der Waals surface area (Å²) in [6.45, 7) is 8.40. The largest absolute Gasteiger partial charge is 0.480 e. The third-order valence-corrected chi connectivity index (χ3v) is 10.1. The Hall–Kier alpha value is -5.52. The monoisotopic (exact) mass is 798 g/mol. The summed E-state index contributed by atoms with van der Waals surface area (Å²) in [6, 6.07) is 0.613. The van der Waals surface area contributed by atoms with Crippen molar-refractivity contribution < 1.29 is 43.1 Å². The Morgan fingerprint density at radius 1 is 0.912 bits per heavy atom. The maximum absolute atomic E-state index is 13.7. The van der Waals surface area contributed by atoms with E-state index in [0.717, 1.165) is 5.69 Å². The Morgan fingerprint density at radius 3 is 2.19 bits per heavy atom. The average Bonchev–Trinajstić information content (AvgIpc) is 3.66. The molecule has 0 aliphatic carbocycles. The first-order valence-electron chi connectivity index (χ1n) is 19.4. The summed E-state index contributed by atoms with van der Waals surface area (Å²) in [5.74, 6) is -4.77. The fourth-order valence-corrected chi connectivity index (χ4v) is 6.33. The zero-order valence-corrected chi connectivity index (χ0v) is 33.8. The van der Waals surface area contributed by atoms with Crippen LogP contribution in [0.4, 0.5) is 5.69 Å². The minimum absolute atomic E-state index is 0.0156. The van der Waals surface area contributed by atoms with Gasteiger partial charge in [-0.3, -0.25) is 33.6 Å². The number of anilines is 1. The molecule has 57 heavy (non-hydrogen) atoms. The Labute approximate surface area is 332 Å². The van der Waals surface area contributed by atoms with Gasteiger partial charge in [-0.2, -0.15) is 0 Å². The summed E-state index contributed by atoms with van der Waals surface area (Å²) in [4.78, 5) is 105. The van der Waals surface area contributed by atoms with Crippen LogP contribution in [0.5, 0.6) is 0 Å². The van der Waals surface area contributed by atoms with Crippen LogP contribution in [0.3, 0.4) is 0 Å². The molecule has 1 fully saturated rings. The van der Waals surface area contributed by atoms with Crippen molar-refractivity contribution in [2.75, 3.05) is 32.1 Å². The highest BCUT2D eigenvalue weighted by Gasteiger charge is 2.40. The molecule has 18 heteroatoms. The number of carboxylic acid groups (broad SMARTS) is 1. The smallest absolute Gasteiger partial charge is 0.336 e. The Morgan fingerprint density at radius 2 is 1.56 bits per heavy atom. The number of carbonyl (C=O) groups excluding carboxylic acids is 6. The van der Waals surface area contributed by atoms with Crippen molar-refractivity contribution in [3.63, 3.8) is 0 Å². The first-order valence-corrected chi connectivity index (χ1v) is 19.4.